The number of imidazole rings is 1. The first-order chi connectivity index (χ1) is 19.6. The number of nitrogens with one attached hydrogen (secondary N) is 2. The molecule has 2 heterocycles. The Morgan fingerprint density at radius 2 is 1.63 bits per heavy atom. The zero-order valence-corrected chi connectivity index (χ0v) is 24.7. The monoisotopic (exact) mass is 636 g/mol. The molecule has 1 aromatic carbocycles. The van der Waals surface area contributed by atoms with E-state index in [4.69, 9.17) is 31.0 Å². The van der Waals surface area contributed by atoms with Crippen molar-refractivity contribution in [3.8, 4) is 5.75 Å². The molecule has 0 aliphatic heterocycles. The molecule has 0 spiro atoms. The first-order valence-corrected chi connectivity index (χ1v) is 12.8. The van der Waals surface area contributed by atoms with Crippen molar-refractivity contribution in [3.63, 3.8) is 0 Å². The number of pyridine rings is 1. The molecule has 0 fully saturated rings. The summed E-state index contributed by atoms with van der Waals surface area (Å²) in [5, 5.41) is 12.9. The number of alkyl halides is 3. The molecule has 0 aliphatic rings. The third-order valence-electron chi connectivity index (χ3n) is 5.24. The number of halogens is 6. The standard InChI is InChI=1S/C25H29ClF2N4O4.C2HF3O2/c1-14-20(22(33)31-25(5,6)13-29-23(34)36-24(2,3)4)32-11-15(26)10-19(21(32)30-14)35-12-16-17(27)8-7-9-18(16)28;3-2(4,5)1(6)7/h7-11H,12-13H2,1-6H3,(H,29,34)(H,31,33);(H,6,7). The van der Waals surface area contributed by atoms with E-state index in [9.17, 15) is 31.5 Å². The van der Waals surface area contributed by atoms with Crippen LogP contribution in [0.3, 0.4) is 0 Å². The zero-order chi connectivity index (χ0) is 32.9. The molecule has 43 heavy (non-hydrogen) atoms. The molecular weight excluding hydrogens is 607 g/mol. The minimum atomic E-state index is -5.08. The summed E-state index contributed by atoms with van der Waals surface area (Å²) in [5.41, 5.74) is -0.903. The summed E-state index contributed by atoms with van der Waals surface area (Å²) in [6, 6.07) is 4.99. The quantitative estimate of drug-likeness (QED) is 0.279. The van der Waals surface area contributed by atoms with E-state index in [1.165, 1.54) is 22.7 Å². The van der Waals surface area contributed by atoms with Crippen LogP contribution in [0.2, 0.25) is 5.02 Å². The lowest BCUT2D eigenvalue weighted by molar-refractivity contribution is -0.192. The van der Waals surface area contributed by atoms with Gasteiger partial charge in [0, 0.05) is 18.8 Å². The Labute approximate surface area is 248 Å². The van der Waals surface area contributed by atoms with Gasteiger partial charge >= 0.3 is 18.2 Å². The number of hydrogen-bond donors (Lipinski definition) is 3. The highest BCUT2D eigenvalue weighted by Gasteiger charge is 2.38. The number of alkyl carbamates (subject to hydrolysis) is 1. The lowest BCUT2D eigenvalue weighted by Crippen LogP contribution is -2.52. The smallest absolute Gasteiger partial charge is 0.485 e. The van der Waals surface area contributed by atoms with Crippen molar-refractivity contribution in [2.24, 2.45) is 0 Å². The largest absolute Gasteiger partial charge is 0.490 e. The predicted molar refractivity (Wildman–Crippen MR) is 145 cm³/mol. The summed E-state index contributed by atoms with van der Waals surface area (Å²) in [5.74, 6) is -4.56. The Bertz CT molecular complexity index is 1480. The van der Waals surface area contributed by atoms with Crippen LogP contribution in [0.15, 0.2) is 30.5 Å². The van der Waals surface area contributed by atoms with Crippen LogP contribution in [-0.2, 0) is 16.1 Å². The predicted octanol–water partition coefficient (Wildman–Crippen LogP) is 5.82. The van der Waals surface area contributed by atoms with Crippen molar-refractivity contribution in [2.45, 2.75) is 65.5 Å². The summed E-state index contributed by atoms with van der Waals surface area (Å²) < 4.78 is 72.1. The van der Waals surface area contributed by atoms with E-state index in [-0.39, 0.29) is 34.2 Å². The minimum Gasteiger partial charge on any atom is -0.485 e. The SMILES string of the molecule is Cc1nc2c(OCc3c(F)cccc3F)cc(Cl)cn2c1C(=O)NC(C)(C)CNC(=O)OC(C)(C)C.O=C(O)C(F)(F)F. The van der Waals surface area contributed by atoms with Crippen LogP contribution >= 0.6 is 11.6 Å². The molecule has 0 saturated carbocycles. The van der Waals surface area contributed by atoms with E-state index in [0.717, 1.165) is 12.1 Å². The topological polar surface area (TPSA) is 131 Å². The molecule has 0 saturated heterocycles. The fourth-order valence-electron chi connectivity index (χ4n) is 3.41. The molecule has 0 unspecified atom stereocenters. The van der Waals surface area contributed by atoms with Gasteiger partial charge < -0.3 is 25.2 Å². The molecule has 3 aromatic rings. The van der Waals surface area contributed by atoms with Crippen LogP contribution in [0.1, 0.15) is 56.4 Å². The average molecular weight is 637 g/mol. The van der Waals surface area contributed by atoms with Gasteiger partial charge in [-0.1, -0.05) is 17.7 Å². The lowest BCUT2D eigenvalue weighted by Gasteiger charge is -2.27. The molecule has 10 nitrogen and oxygen atoms in total. The Kier molecular flexibility index (Phi) is 11.0. The van der Waals surface area contributed by atoms with Crippen molar-refractivity contribution in [1.29, 1.82) is 0 Å². The zero-order valence-electron chi connectivity index (χ0n) is 24.0. The second-order valence-corrected chi connectivity index (χ2v) is 11.2. The number of aliphatic carboxylic acids is 1. The van der Waals surface area contributed by atoms with E-state index in [1.807, 2.05) is 0 Å². The molecule has 2 amide bonds. The maximum Gasteiger partial charge on any atom is 0.490 e. The van der Waals surface area contributed by atoms with Gasteiger partial charge in [-0.15, -0.1) is 0 Å². The van der Waals surface area contributed by atoms with E-state index in [2.05, 4.69) is 15.6 Å². The normalized spacial score (nSPS) is 11.8. The lowest BCUT2D eigenvalue weighted by atomic mass is 10.1. The highest BCUT2D eigenvalue weighted by molar-refractivity contribution is 6.30. The number of ether oxygens (including phenoxy) is 2. The van der Waals surface area contributed by atoms with Crippen LogP contribution < -0.4 is 15.4 Å². The average Bonchev–Trinajstić information content (AvgIpc) is 3.16. The second kappa shape index (κ2) is 13.4. The van der Waals surface area contributed by atoms with Gasteiger partial charge in [-0.05, 0) is 53.7 Å². The number of rotatable bonds is 7. The molecule has 3 rings (SSSR count). The van der Waals surface area contributed by atoms with E-state index < -0.39 is 53.5 Å². The summed E-state index contributed by atoms with van der Waals surface area (Å²) in [4.78, 5) is 38.5. The van der Waals surface area contributed by atoms with Crippen LogP contribution in [0, 0.1) is 18.6 Å². The van der Waals surface area contributed by atoms with Gasteiger partial charge in [0.2, 0.25) is 0 Å². The molecule has 0 atom stereocenters. The minimum absolute atomic E-state index is 0.104. The summed E-state index contributed by atoms with van der Waals surface area (Å²) in [6.45, 7) is 10.1. The first kappa shape index (κ1) is 35.1. The summed E-state index contributed by atoms with van der Waals surface area (Å²) in [7, 11) is 0. The van der Waals surface area contributed by atoms with Crippen LogP contribution in [0.5, 0.6) is 5.75 Å². The fourth-order valence-corrected chi connectivity index (χ4v) is 3.61. The number of carboxylic acid groups (broad SMARTS) is 1. The number of carbonyl (C=O) groups is 3. The molecule has 16 heteroatoms. The van der Waals surface area contributed by atoms with Gasteiger partial charge in [-0.3, -0.25) is 9.20 Å². The number of amides is 2. The van der Waals surface area contributed by atoms with Crippen molar-refractivity contribution < 1.29 is 50.9 Å². The highest BCUT2D eigenvalue weighted by atomic mass is 35.5. The van der Waals surface area contributed by atoms with Gasteiger partial charge in [0.25, 0.3) is 5.91 Å². The number of carbonyl (C=O) groups excluding carboxylic acids is 2. The van der Waals surface area contributed by atoms with Crippen molar-refractivity contribution in [1.82, 2.24) is 20.0 Å². The van der Waals surface area contributed by atoms with Crippen LogP contribution in [0.4, 0.5) is 26.7 Å². The number of carboxylic acids is 1. The van der Waals surface area contributed by atoms with Gasteiger partial charge in [-0.2, -0.15) is 13.2 Å². The maximum absolute atomic E-state index is 14.0. The van der Waals surface area contributed by atoms with Gasteiger partial charge in [0.15, 0.2) is 11.4 Å². The summed E-state index contributed by atoms with van der Waals surface area (Å²) in [6.07, 6.45) is -4.19. The molecule has 236 valence electrons. The Balaban J connectivity index is 0.000000821. The Hall–Kier alpha value is -4.14. The fraction of sp³-hybridized carbons (Fsp3) is 0.407. The van der Waals surface area contributed by atoms with Gasteiger partial charge in [0.05, 0.1) is 21.8 Å². The van der Waals surface area contributed by atoms with Crippen molar-refractivity contribution in [2.75, 3.05) is 6.54 Å². The molecule has 0 bridgehead atoms. The third kappa shape index (κ3) is 10.3. The third-order valence-corrected chi connectivity index (χ3v) is 5.45. The number of aryl methyl sites for hydroxylation is 1. The van der Waals surface area contributed by atoms with Crippen LogP contribution in [0.25, 0.3) is 5.65 Å². The molecule has 0 radical (unpaired) electrons. The molecule has 3 N–H and O–H groups in total. The van der Waals surface area contributed by atoms with Crippen molar-refractivity contribution in [3.05, 3.63) is 64.1 Å². The maximum atomic E-state index is 14.0. The van der Waals surface area contributed by atoms with Gasteiger partial charge in [-0.25, -0.2) is 23.4 Å². The first-order valence-electron chi connectivity index (χ1n) is 12.4. The Morgan fingerprint density at radius 1 is 1.07 bits per heavy atom. The summed E-state index contributed by atoms with van der Waals surface area (Å²) >= 11 is 6.25. The number of nitrogens with zero attached hydrogens (tertiary/aromatic N) is 2. The van der Waals surface area contributed by atoms with Crippen molar-refractivity contribution >= 4 is 35.2 Å². The molecule has 0 aliphatic carbocycles. The molecule has 2 aromatic heterocycles. The number of aromatic nitrogens is 2. The molecular formula is C27H30ClF5N4O6. The van der Waals surface area contributed by atoms with E-state index in [0.29, 0.717) is 5.69 Å². The second-order valence-electron chi connectivity index (χ2n) is 10.7. The number of hydrogen-bond acceptors (Lipinski definition) is 6. The Morgan fingerprint density at radius 3 is 2.14 bits per heavy atom. The van der Waals surface area contributed by atoms with E-state index in [1.54, 1.807) is 41.5 Å². The van der Waals surface area contributed by atoms with Gasteiger partial charge in [0.1, 0.15) is 29.5 Å². The van der Waals surface area contributed by atoms with Crippen LogP contribution in [-0.4, -0.2) is 56.3 Å². The highest BCUT2D eigenvalue weighted by Crippen LogP contribution is 2.28. The number of benzene rings is 1. The number of fused-ring (bicyclic) bond motifs is 1. The van der Waals surface area contributed by atoms with E-state index >= 15 is 0 Å².